The van der Waals surface area contributed by atoms with Crippen molar-refractivity contribution in [3.63, 3.8) is 0 Å². The quantitative estimate of drug-likeness (QED) is 0.0543. The van der Waals surface area contributed by atoms with Crippen LogP contribution in [0.2, 0.25) is 0 Å². The number of hydrogen-bond acceptors (Lipinski definition) is 16. The molecule has 3 aromatic rings. The number of nitrogens with two attached hydrogens (primary N) is 1. The number of thiazole rings is 1. The minimum Gasteiger partial charge on any atom is -0.504 e. The van der Waals surface area contributed by atoms with E-state index in [0.29, 0.717) is 11.1 Å². The third kappa shape index (κ3) is 6.20. The molecule has 4 heterocycles. The number of hydrogen-bond donors (Lipinski definition) is 6. The number of rotatable bonds is 11. The van der Waals surface area contributed by atoms with Gasteiger partial charge in [0, 0.05) is 22.4 Å². The lowest BCUT2D eigenvalue weighted by molar-refractivity contribution is -0.150. The Hall–Kier alpha value is -4.82. The van der Waals surface area contributed by atoms with E-state index in [1.807, 2.05) is 0 Å². The maximum Gasteiger partial charge on any atom is 0.352 e. The molecule has 20 heteroatoms. The normalized spacial score (nSPS) is 18.2. The highest BCUT2D eigenvalue weighted by Gasteiger charge is 2.54. The predicted octanol–water partition coefficient (Wildman–Crippen LogP) is 0.523. The van der Waals surface area contributed by atoms with Gasteiger partial charge in [-0.05, 0) is 23.8 Å². The van der Waals surface area contributed by atoms with E-state index in [9.17, 15) is 34.5 Å². The highest BCUT2D eigenvalue weighted by Crippen LogP contribution is 2.42. The molecular formula is C23H19N7O10S3. The molecular weight excluding hydrogens is 630 g/mol. The summed E-state index contributed by atoms with van der Waals surface area (Å²) in [6, 6.07) is 2.86. The number of nitrogens with zero attached hydrogens (tertiary/aromatic N) is 5. The summed E-state index contributed by atoms with van der Waals surface area (Å²) in [5.41, 5.74) is 5.75. The zero-order valence-electron chi connectivity index (χ0n) is 21.4. The molecule has 0 aliphatic carbocycles. The largest absolute Gasteiger partial charge is 0.504 e. The molecule has 0 unspecified atom stereocenters. The number of carboxylic acids is 2. The number of aliphatic carboxylic acids is 2. The van der Waals surface area contributed by atoms with E-state index in [1.165, 1.54) is 35.3 Å². The van der Waals surface area contributed by atoms with Crippen molar-refractivity contribution in [2.45, 2.75) is 16.6 Å². The fourth-order valence-electron chi connectivity index (χ4n) is 3.95. The van der Waals surface area contributed by atoms with Gasteiger partial charge in [-0.15, -0.1) is 33.3 Å². The number of nitrogens with one attached hydrogen (secondary N) is 1. The Kier molecular flexibility index (Phi) is 8.41. The highest BCUT2D eigenvalue weighted by atomic mass is 32.2. The fraction of sp³-hybridized carbons (Fsp3) is 0.217. The number of benzene rings is 1. The summed E-state index contributed by atoms with van der Waals surface area (Å²) in [7, 11) is 0. The van der Waals surface area contributed by atoms with Gasteiger partial charge < -0.3 is 40.7 Å². The van der Waals surface area contributed by atoms with Crippen molar-refractivity contribution in [1.82, 2.24) is 25.4 Å². The van der Waals surface area contributed by atoms with E-state index in [2.05, 4.69) is 25.7 Å². The van der Waals surface area contributed by atoms with Crippen LogP contribution < -0.4 is 11.1 Å². The lowest BCUT2D eigenvalue weighted by atomic mass is 10.0. The Morgan fingerprint density at radius 3 is 2.70 bits per heavy atom. The molecule has 1 aromatic carbocycles. The summed E-state index contributed by atoms with van der Waals surface area (Å²) >= 11 is 3.27. The van der Waals surface area contributed by atoms with E-state index in [0.717, 1.165) is 28.0 Å². The molecule has 1 fully saturated rings. The van der Waals surface area contributed by atoms with Crippen molar-refractivity contribution in [3.8, 4) is 23.0 Å². The lowest BCUT2D eigenvalue weighted by Gasteiger charge is -2.49. The van der Waals surface area contributed by atoms with Gasteiger partial charge in [-0.25, -0.2) is 14.6 Å². The molecule has 2 aliphatic rings. The van der Waals surface area contributed by atoms with Crippen LogP contribution in [-0.2, 0) is 24.0 Å². The van der Waals surface area contributed by atoms with Crippen LogP contribution in [0.1, 0.15) is 5.69 Å². The molecule has 17 nitrogen and oxygen atoms in total. The highest BCUT2D eigenvalue weighted by molar-refractivity contribution is 8.01. The van der Waals surface area contributed by atoms with Crippen LogP contribution in [-0.4, -0.2) is 99.5 Å². The smallest absolute Gasteiger partial charge is 0.352 e. The van der Waals surface area contributed by atoms with Crippen molar-refractivity contribution in [3.05, 3.63) is 40.5 Å². The summed E-state index contributed by atoms with van der Waals surface area (Å²) in [5.74, 6) is -4.57. The van der Waals surface area contributed by atoms with Crippen LogP contribution in [0.3, 0.4) is 0 Å². The molecule has 1 saturated heterocycles. The Morgan fingerprint density at radius 1 is 1.23 bits per heavy atom. The van der Waals surface area contributed by atoms with E-state index in [4.69, 9.17) is 20.1 Å². The molecule has 0 spiro atoms. The average Bonchev–Trinajstić information content (AvgIpc) is 3.62. The number of carbonyl (C=O) groups is 4. The van der Waals surface area contributed by atoms with Crippen molar-refractivity contribution >= 4 is 69.5 Å². The van der Waals surface area contributed by atoms with Crippen molar-refractivity contribution in [1.29, 1.82) is 0 Å². The molecule has 0 saturated carbocycles. The van der Waals surface area contributed by atoms with Crippen LogP contribution in [0.5, 0.6) is 11.5 Å². The maximum absolute atomic E-state index is 13.1. The van der Waals surface area contributed by atoms with E-state index in [-0.39, 0.29) is 50.6 Å². The Morgan fingerprint density at radius 2 is 2.02 bits per heavy atom. The third-order valence-corrected chi connectivity index (χ3v) is 8.78. The monoisotopic (exact) mass is 649 g/mol. The standard InChI is InChI=1S/C23H19N7O10S3/c24-22-25-10(7-42-22)14(29-39-4-13(33)34)17(35)26-15-19(36)30-16(21(37)38)9(5-41-20(15)30)6-43-23-28-27-18(40-23)8-1-2-11(31)12(32)3-8/h1-3,7,15,20,31-32H,4-6H2,(H2,24,25)(H,26,35)(H,33,34)(H,37,38)/b29-14+/t15-,20-/m1/s1. The first-order valence-electron chi connectivity index (χ1n) is 11.9. The van der Waals surface area contributed by atoms with Crippen LogP contribution in [0, 0.1) is 0 Å². The zero-order valence-corrected chi connectivity index (χ0v) is 23.8. The number of aromatic nitrogens is 3. The SMILES string of the molecule is Nc1nc(/C(=N\OCC(=O)O)C(=O)N[C@@H]2C(=O)N3C(C(=O)O)=C(CSc4nnc(-c5ccc(O)c(O)c5)o4)CS[C@H]23)cs1. The Bertz CT molecular complexity index is 1690. The second kappa shape index (κ2) is 12.2. The average molecular weight is 650 g/mol. The molecule has 2 amide bonds. The molecule has 224 valence electrons. The molecule has 7 N–H and O–H groups in total. The molecule has 5 rings (SSSR count). The van der Waals surface area contributed by atoms with E-state index < -0.39 is 47.5 Å². The number of anilines is 1. The first-order valence-corrected chi connectivity index (χ1v) is 14.8. The summed E-state index contributed by atoms with van der Waals surface area (Å²) in [5, 5.41) is 52.6. The van der Waals surface area contributed by atoms with Crippen molar-refractivity contribution in [2.75, 3.05) is 23.8 Å². The number of carbonyl (C=O) groups excluding carboxylic acids is 2. The van der Waals surface area contributed by atoms with Crippen LogP contribution in [0.4, 0.5) is 5.13 Å². The minimum atomic E-state index is -1.34. The summed E-state index contributed by atoms with van der Waals surface area (Å²) in [6.45, 7) is -0.829. The number of carboxylic acid groups (broad SMARTS) is 2. The molecule has 2 aromatic heterocycles. The third-order valence-electron chi connectivity index (χ3n) is 5.86. The van der Waals surface area contributed by atoms with Gasteiger partial charge in [0.25, 0.3) is 17.0 Å². The second-order valence-corrected chi connectivity index (χ2v) is 11.6. The minimum absolute atomic E-state index is 0.00198. The number of aromatic hydroxyl groups is 2. The predicted molar refractivity (Wildman–Crippen MR) is 150 cm³/mol. The maximum atomic E-state index is 13.1. The van der Waals surface area contributed by atoms with Gasteiger partial charge in [-0.1, -0.05) is 16.9 Å². The number of phenolic OH excluding ortho intramolecular Hbond substituents is 2. The number of phenols is 2. The first kappa shape index (κ1) is 29.7. The Balaban J connectivity index is 1.28. The number of β-lactam (4-membered cyclic amide) rings is 1. The summed E-state index contributed by atoms with van der Waals surface area (Å²) in [4.78, 5) is 58.8. The summed E-state index contributed by atoms with van der Waals surface area (Å²) < 4.78 is 5.57. The molecule has 43 heavy (non-hydrogen) atoms. The number of oxime groups is 1. The van der Waals surface area contributed by atoms with E-state index in [1.54, 1.807) is 0 Å². The molecule has 2 atom stereocenters. The Labute approximate surface area is 252 Å². The zero-order chi connectivity index (χ0) is 30.8. The molecule has 0 radical (unpaired) electrons. The van der Waals surface area contributed by atoms with Crippen molar-refractivity contribution in [2.24, 2.45) is 5.16 Å². The van der Waals surface area contributed by atoms with E-state index >= 15 is 0 Å². The topological polar surface area (TPSA) is 264 Å². The van der Waals surface area contributed by atoms with Crippen LogP contribution in [0.15, 0.2) is 49.6 Å². The van der Waals surface area contributed by atoms with Gasteiger partial charge in [0.2, 0.25) is 12.5 Å². The summed E-state index contributed by atoms with van der Waals surface area (Å²) in [6.07, 6.45) is 0. The molecule has 2 aliphatic heterocycles. The van der Waals surface area contributed by atoms with Gasteiger partial charge in [-0.3, -0.25) is 14.5 Å². The van der Waals surface area contributed by atoms with Crippen molar-refractivity contribution < 1.29 is 48.9 Å². The van der Waals surface area contributed by atoms with Gasteiger partial charge >= 0.3 is 11.9 Å². The van der Waals surface area contributed by atoms with Crippen LogP contribution in [0.25, 0.3) is 11.5 Å². The first-order chi connectivity index (χ1) is 20.5. The number of amides is 2. The van der Waals surface area contributed by atoms with Gasteiger partial charge in [0.05, 0.1) is 0 Å². The number of nitrogen functional groups attached to an aromatic ring is 1. The lowest BCUT2D eigenvalue weighted by Crippen LogP contribution is -2.71. The number of thioether (sulfide) groups is 2. The van der Waals surface area contributed by atoms with Gasteiger partial charge in [0.15, 0.2) is 22.3 Å². The van der Waals surface area contributed by atoms with Crippen LogP contribution >= 0.6 is 34.9 Å². The second-order valence-electron chi connectivity index (χ2n) is 8.66. The number of fused-ring (bicyclic) bond motifs is 1. The van der Waals surface area contributed by atoms with Gasteiger partial charge in [0.1, 0.15) is 22.8 Å². The molecule has 0 bridgehead atoms. The fourth-order valence-corrected chi connectivity index (χ4v) is 6.74. The van der Waals surface area contributed by atoms with Gasteiger partial charge in [-0.2, -0.15) is 0 Å².